The van der Waals surface area contributed by atoms with Gasteiger partial charge in [-0.25, -0.2) is 0 Å². The third-order valence-corrected chi connectivity index (χ3v) is 3.79. The van der Waals surface area contributed by atoms with Crippen LogP contribution >= 0.6 is 27.5 Å². The van der Waals surface area contributed by atoms with E-state index in [1.807, 2.05) is 54.6 Å². The molecule has 2 aromatic rings. The summed E-state index contributed by atoms with van der Waals surface area (Å²) in [5, 5.41) is 3.53. The molecule has 0 aliphatic heterocycles. The van der Waals surface area contributed by atoms with E-state index in [1.54, 1.807) is 0 Å². The summed E-state index contributed by atoms with van der Waals surface area (Å²) < 4.78 is 0. The van der Waals surface area contributed by atoms with Crippen LogP contribution in [-0.2, 0) is 11.2 Å². The molecule has 0 unspecified atom stereocenters. The van der Waals surface area contributed by atoms with E-state index in [9.17, 15) is 4.79 Å². The number of carbonyl (C=O) groups is 1. The minimum Gasteiger partial charge on any atom is -0.325 e. The second kappa shape index (κ2) is 6.73. The van der Waals surface area contributed by atoms with E-state index in [0.717, 1.165) is 11.3 Å². The van der Waals surface area contributed by atoms with Gasteiger partial charge in [0.1, 0.15) is 0 Å². The van der Waals surface area contributed by atoms with Gasteiger partial charge in [0.2, 0.25) is 5.91 Å². The molecule has 2 rings (SSSR count). The molecule has 1 atom stereocenters. The molecule has 0 aliphatic carbocycles. The van der Waals surface area contributed by atoms with Crippen LogP contribution in [0, 0.1) is 0 Å². The fraction of sp³-hybridized carbons (Fsp3) is 0.133. The van der Waals surface area contributed by atoms with Crippen molar-refractivity contribution >= 4 is 39.1 Å². The van der Waals surface area contributed by atoms with E-state index in [-0.39, 0.29) is 10.7 Å². The first-order valence-electron chi connectivity index (χ1n) is 5.90. The Bertz CT molecular complexity index is 559. The van der Waals surface area contributed by atoms with Gasteiger partial charge in [0.25, 0.3) is 0 Å². The zero-order valence-corrected chi connectivity index (χ0v) is 12.5. The molecular weight excluding hydrogens is 326 g/mol. The van der Waals surface area contributed by atoms with Crippen LogP contribution in [0.2, 0.25) is 5.02 Å². The summed E-state index contributed by atoms with van der Waals surface area (Å²) in [4.78, 5) is 11.7. The second-order valence-corrected chi connectivity index (χ2v) is 5.63. The highest BCUT2D eigenvalue weighted by molar-refractivity contribution is 9.10. The van der Waals surface area contributed by atoms with Crippen LogP contribution in [0.25, 0.3) is 0 Å². The van der Waals surface area contributed by atoms with Gasteiger partial charge in [0.15, 0.2) is 0 Å². The van der Waals surface area contributed by atoms with Crippen molar-refractivity contribution in [2.45, 2.75) is 11.2 Å². The normalized spacial score (nSPS) is 11.9. The average molecular weight is 339 g/mol. The SMILES string of the molecule is O=C(Nc1ccccc1)[C@H](Br)Cc1ccccc1Cl. The maximum absolute atomic E-state index is 12.0. The predicted molar refractivity (Wildman–Crippen MR) is 82.9 cm³/mol. The van der Waals surface area contributed by atoms with Crippen LogP contribution < -0.4 is 5.32 Å². The van der Waals surface area contributed by atoms with Crippen molar-refractivity contribution in [2.75, 3.05) is 5.32 Å². The molecule has 0 aromatic heterocycles. The lowest BCUT2D eigenvalue weighted by Gasteiger charge is -2.11. The molecule has 0 saturated carbocycles. The fourth-order valence-electron chi connectivity index (χ4n) is 1.69. The van der Waals surface area contributed by atoms with Crippen LogP contribution in [0.3, 0.4) is 0 Å². The van der Waals surface area contributed by atoms with Crippen LogP contribution in [0.5, 0.6) is 0 Å². The Kier molecular flexibility index (Phi) is 5.00. The lowest BCUT2D eigenvalue weighted by Crippen LogP contribution is -2.24. The van der Waals surface area contributed by atoms with Crippen LogP contribution in [0.1, 0.15) is 5.56 Å². The van der Waals surface area contributed by atoms with Gasteiger partial charge in [0, 0.05) is 10.7 Å². The zero-order chi connectivity index (χ0) is 13.7. The van der Waals surface area contributed by atoms with E-state index in [0.29, 0.717) is 11.4 Å². The van der Waals surface area contributed by atoms with Crippen molar-refractivity contribution in [3.05, 3.63) is 65.2 Å². The molecule has 0 radical (unpaired) electrons. The summed E-state index contributed by atoms with van der Waals surface area (Å²) in [5.74, 6) is -0.0777. The summed E-state index contributed by atoms with van der Waals surface area (Å²) in [6.07, 6.45) is 0.554. The molecule has 0 aliphatic rings. The first-order chi connectivity index (χ1) is 9.16. The smallest absolute Gasteiger partial charge is 0.238 e. The molecule has 0 spiro atoms. The first-order valence-corrected chi connectivity index (χ1v) is 7.19. The first kappa shape index (κ1) is 14.1. The standard InChI is InChI=1S/C15H13BrClNO/c16-13(10-11-6-4-5-9-14(11)17)15(19)18-12-7-2-1-3-8-12/h1-9,13H,10H2,(H,18,19)/t13-/m1/s1. The molecule has 19 heavy (non-hydrogen) atoms. The van der Waals surface area contributed by atoms with Gasteiger partial charge in [0.05, 0.1) is 4.83 Å². The number of hydrogen-bond acceptors (Lipinski definition) is 1. The molecule has 0 bridgehead atoms. The Balaban J connectivity index is 1.98. The van der Waals surface area contributed by atoms with Crippen molar-refractivity contribution in [1.82, 2.24) is 0 Å². The maximum atomic E-state index is 12.0. The molecule has 98 valence electrons. The lowest BCUT2D eigenvalue weighted by molar-refractivity contribution is -0.115. The number of benzene rings is 2. The molecule has 2 aromatic carbocycles. The van der Waals surface area contributed by atoms with Gasteiger partial charge in [-0.1, -0.05) is 63.9 Å². The van der Waals surface area contributed by atoms with Gasteiger partial charge < -0.3 is 5.32 Å². The van der Waals surface area contributed by atoms with Crippen molar-refractivity contribution in [2.24, 2.45) is 0 Å². The average Bonchev–Trinajstić information content (AvgIpc) is 2.42. The van der Waals surface area contributed by atoms with E-state index in [1.165, 1.54) is 0 Å². The van der Waals surface area contributed by atoms with Crippen molar-refractivity contribution < 1.29 is 4.79 Å². The summed E-state index contributed by atoms with van der Waals surface area (Å²) in [5.41, 5.74) is 1.74. The van der Waals surface area contributed by atoms with Gasteiger partial charge >= 0.3 is 0 Å². The summed E-state index contributed by atoms with van der Waals surface area (Å²) >= 11 is 9.48. The third-order valence-electron chi connectivity index (χ3n) is 2.68. The number of anilines is 1. The number of hydrogen-bond donors (Lipinski definition) is 1. The van der Waals surface area contributed by atoms with Crippen LogP contribution in [0.4, 0.5) is 5.69 Å². The Morgan fingerprint density at radius 1 is 1.11 bits per heavy atom. The topological polar surface area (TPSA) is 29.1 Å². The van der Waals surface area contributed by atoms with Crippen molar-refractivity contribution in [3.8, 4) is 0 Å². The minimum atomic E-state index is -0.312. The molecule has 0 fully saturated rings. The molecular formula is C15H13BrClNO. The third kappa shape index (κ3) is 4.08. The number of rotatable bonds is 4. The van der Waals surface area contributed by atoms with E-state index in [2.05, 4.69) is 21.2 Å². The number of nitrogens with one attached hydrogen (secondary N) is 1. The van der Waals surface area contributed by atoms with E-state index >= 15 is 0 Å². The zero-order valence-electron chi connectivity index (χ0n) is 10.1. The number of halogens is 2. The Labute approximate surface area is 125 Å². The quantitative estimate of drug-likeness (QED) is 0.828. The summed E-state index contributed by atoms with van der Waals surface area (Å²) in [6.45, 7) is 0. The number of carbonyl (C=O) groups excluding carboxylic acids is 1. The van der Waals surface area contributed by atoms with Crippen molar-refractivity contribution in [3.63, 3.8) is 0 Å². The fourth-order valence-corrected chi connectivity index (χ4v) is 2.37. The summed E-state index contributed by atoms with van der Waals surface area (Å²) in [6, 6.07) is 16.9. The minimum absolute atomic E-state index is 0.0777. The maximum Gasteiger partial charge on any atom is 0.238 e. The summed E-state index contributed by atoms with van der Waals surface area (Å²) in [7, 11) is 0. The Morgan fingerprint density at radius 3 is 2.42 bits per heavy atom. The van der Waals surface area contributed by atoms with Crippen LogP contribution in [0.15, 0.2) is 54.6 Å². The van der Waals surface area contributed by atoms with Gasteiger partial charge in [-0.2, -0.15) is 0 Å². The number of alkyl halides is 1. The largest absolute Gasteiger partial charge is 0.325 e. The molecule has 4 heteroatoms. The van der Waals surface area contributed by atoms with Gasteiger partial charge in [-0.05, 0) is 30.2 Å². The van der Waals surface area contributed by atoms with Gasteiger partial charge in [-0.15, -0.1) is 0 Å². The monoisotopic (exact) mass is 337 g/mol. The Hall–Kier alpha value is -1.32. The molecule has 0 heterocycles. The van der Waals surface area contributed by atoms with E-state index in [4.69, 9.17) is 11.6 Å². The van der Waals surface area contributed by atoms with Crippen molar-refractivity contribution in [1.29, 1.82) is 0 Å². The molecule has 2 nitrogen and oxygen atoms in total. The lowest BCUT2D eigenvalue weighted by atomic mass is 10.1. The second-order valence-electron chi connectivity index (χ2n) is 4.12. The molecule has 1 amide bonds. The highest BCUT2D eigenvalue weighted by Crippen LogP contribution is 2.20. The number of amides is 1. The number of para-hydroxylation sites is 1. The van der Waals surface area contributed by atoms with Crippen LogP contribution in [-0.4, -0.2) is 10.7 Å². The highest BCUT2D eigenvalue weighted by Gasteiger charge is 2.16. The molecule has 0 saturated heterocycles. The highest BCUT2D eigenvalue weighted by atomic mass is 79.9. The van der Waals surface area contributed by atoms with E-state index < -0.39 is 0 Å². The predicted octanol–water partition coefficient (Wildman–Crippen LogP) is 4.28. The molecule has 1 N–H and O–H groups in total. The van der Waals surface area contributed by atoms with Gasteiger partial charge in [-0.3, -0.25) is 4.79 Å². The Morgan fingerprint density at radius 2 is 1.74 bits per heavy atom.